The summed E-state index contributed by atoms with van der Waals surface area (Å²) in [4.78, 5) is 19.7. The third kappa shape index (κ3) is 4.16. The molecule has 0 N–H and O–H groups in total. The number of benzene rings is 3. The van der Waals surface area contributed by atoms with Crippen LogP contribution in [0.15, 0.2) is 72.8 Å². The molecule has 33 heavy (non-hydrogen) atoms. The number of fused-ring (bicyclic) bond motifs is 1. The van der Waals surface area contributed by atoms with Crippen LogP contribution in [0.5, 0.6) is 11.5 Å². The second-order valence-corrected chi connectivity index (χ2v) is 8.35. The van der Waals surface area contributed by atoms with Crippen LogP contribution >= 0.6 is 0 Å². The van der Waals surface area contributed by atoms with Crippen LogP contribution in [0, 0.1) is 6.92 Å². The minimum Gasteiger partial charge on any atom is -0.493 e. The normalized spacial score (nSPS) is 15.9. The lowest BCUT2D eigenvalue weighted by molar-refractivity contribution is -0.117. The summed E-state index contributed by atoms with van der Waals surface area (Å²) in [6.45, 7) is 3.77. The summed E-state index contributed by atoms with van der Waals surface area (Å²) in [5, 5.41) is 0. The van der Waals surface area contributed by atoms with Crippen molar-refractivity contribution in [3.63, 3.8) is 0 Å². The van der Waals surface area contributed by atoms with Gasteiger partial charge in [-0.3, -0.25) is 4.79 Å². The fourth-order valence-electron chi connectivity index (χ4n) is 4.48. The molecule has 6 heteroatoms. The van der Waals surface area contributed by atoms with E-state index in [0.717, 1.165) is 22.5 Å². The maximum atomic E-state index is 12.9. The van der Waals surface area contributed by atoms with Gasteiger partial charge in [0.05, 0.1) is 24.7 Å². The number of aromatic nitrogens is 2. The summed E-state index contributed by atoms with van der Waals surface area (Å²) < 4.78 is 13.6. The van der Waals surface area contributed by atoms with Gasteiger partial charge >= 0.3 is 0 Å². The van der Waals surface area contributed by atoms with Gasteiger partial charge in [-0.15, -0.1) is 0 Å². The first-order valence-electron chi connectivity index (χ1n) is 11.2. The zero-order valence-corrected chi connectivity index (χ0v) is 18.9. The van der Waals surface area contributed by atoms with Crippen molar-refractivity contribution in [2.75, 3.05) is 25.2 Å². The first-order valence-corrected chi connectivity index (χ1v) is 11.2. The van der Waals surface area contributed by atoms with Gasteiger partial charge in [0.1, 0.15) is 12.4 Å². The van der Waals surface area contributed by atoms with E-state index in [2.05, 4.69) is 10.6 Å². The monoisotopic (exact) mass is 441 g/mol. The summed E-state index contributed by atoms with van der Waals surface area (Å²) in [5.74, 6) is 2.52. The van der Waals surface area contributed by atoms with Gasteiger partial charge in [0.25, 0.3) is 0 Å². The van der Waals surface area contributed by atoms with Gasteiger partial charge in [-0.1, -0.05) is 42.0 Å². The highest BCUT2D eigenvalue weighted by Crippen LogP contribution is 2.33. The van der Waals surface area contributed by atoms with E-state index in [1.54, 1.807) is 7.11 Å². The van der Waals surface area contributed by atoms with Crippen molar-refractivity contribution in [2.45, 2.75) is 25.8 Å². The summed E-state index contributed by atoms with van der Waals surface area (Å²) in [6, 6.07) is 23.9. The second kappa shape index (κ2) is 8.98. The molecule has 5 rings (SSSR count). The van der Waals surface area contributed by atoms with Crippen LogP contribution in [0.3, 0.4) is 0 Å². The summed E-state index contributed by atoms with van der Waals surface area (Å²) in [6.07, 6.45) is 0.449. The molecular formula is C27H27N3O3. The van der Waals surface area contributed by atoms with Crippen molar-refractivity contribution in [1.29, 1.82) is 0 Å². The zero-order valence-electron chi connectivity index (χ0n) is 18.9. The van der Waals surface area contributed by atoms with Gasteiger partial charge in [-0.05, 0) is 43.3 Å². The molecule has 2 heterocycles. The van der Waals surface area contributed by atoms with E-state index in [1.165, 1.54) is 5.56 Å². The Hall–Kier alpha value is -3.80. The number of rotatable bonds is 7. The zero-order chi connectivity index (χ0) is 22.8. The Bertz CT molecular complexity index is 1280. The smallest absolute Gasteiger partial charge is 0.227 e. The van der Waals surface area contributed by atoms with E-state index in [4.69, 9.17) is 14.5 Å². The van der Waals surface area contributed by atoms with Crippen molar-refractivity contribution < 1.29 is 14.3 Å². The first kappa shape index (κ1) is 21.1. The minimum atomic E-state index is 0.0254. The van der Waals surface area contributed by atoms with E-state index in [-0.39, 0.29) is 11.8 Å². The number of methoxy groups -OCH3 is 1. The van der Waals surface area contributed by atoms with Crippen LogP contribution in [0.4, 0.5) is 5.69 Å². The number of carbonyl (C=O) groups is 1. The highest BCUT2D eigenvalue weighted by molar-refractivity contribution is 5.96. The van der Waals surface area contributed by atoms with Crippen molar-refractivity contribution in [2.24, 2.45) is 0 Å². The largest absolute Gasteiger partial charge is 0.493 e. The predicted octanol–water partition coefficient (Wildman–Crippen LogP) is 4.95. The topological polar surface area (TPSA) is 56.6 Å². The van der Waals surface area contributed by atoms with E-state index in [9.17, 15) is 4.79 Å². The minimum absolute atomic E-state index is 0.0254. The molecule has 3 aromatic carbocycles. The highest BCUT2D eigenvalue weighted by Gasteiger charge is 2.34. The third-order valence-electron chi connectivity index (χ3n) is 6.16. The van der Waals surface area contributed by atoms with Gasteiger partial charge in [0.15, 0.2) is 11.5 Å². The van der Waals surface area contributed by atoms with Crippen LogP contribution in [-0.4, -0.2) is 35.7 Å². The number of ether oxygens (including phenoxy) is 2. The molecule has 0 radical (unpaired) electrons. The van der Waals surface area contributed by atoms with Crippen LogP contribution in [0.2, 0.25) is 0 Å². The SMILES string of the molecule is COc1ccccc1OCCn1c([C@@H]2CC(=O)N(c3ccc(C)cc3)C2)nc2ccccc21. The molecule has 0 bridgehead atoms. The molecule has 1 aliphatic rings. The number of para-hydroxylation sites is 4. The standard InChI is InChI=1S/C27H27N3O3/c1-19-11-13-21(14-12-19)30-18-20(17-26(30)31)27-28-22-7-3-4-8-23(22)29(27)15-16-33-25-10-6-5-9-24(25)32-2/h3-14,20H,15-18H2,1-2H3/t20-/m1/s1. The lowest BCUT2D eigenvalue weighted by Crippen LogP contribution is -2.24. The van der Waals surface area contributed by atoms with Crippen molar-refractivity contribution in [1.82, 2.24) is 9.55 Å². The quantitative estimate of drug-likeness (QED) is 0.407. The molecule has 0 unspecified atom stereocenters. The lowest BCUT2D eigenvalue weighted by Gasteiger charge is -2.18. The molecule has 1 saturated heterocycles. The molecular weight excluding hydrogens is 414 g/mol. The first-order chi connectivity index (χ1) is 16.1. The molecule has 168 valence electrons. The molecule has 0 spiro atoms. The van der Waals surface area contributed by atoms with Crippen LogP contribution < -0.4 is 14.4 Å². The fraction of sp³-hybridized carbons (Fsp3) is 0.259. The van der Waals surface area contributed by atoms with Gasteiger partial charge in [0.2, 0.25) is 5.91 Å². The van der Waals surface area contributed by atoms with E-state index >= 15 is 0 Å². The lowest BCUT2D eigenvalue weighted by atomic mass is 10.1. The Kier molecular flexibility index (Phi) is 5.73. The number of anilines is 1. The number of imidazole rings is 1. The molecule has 1 atom stereocenters. The summed E-state index contributed by atoms with van der Waals surface area (Å²) >= 11 is 0. The number of hydrogen-bond donors (Lipinski definition) is 0. The molecule has 0 aliphatic carbocycles. The second-order valence-electron chi connectivity index (χ2n) is 8.35. The Morgan fingerprint density at radius 3 is 2.48 bits per heavy atom. The molecule has 4 aromatic rings. The number of hydrogen-bond acceptors (Lipinski definition) is 4. The molecule has 1 amide bonds. The molecule has 1 fully saturated rings. The maximum Gasteiger partial charge on any atom is 0.227 e. The van der Waals surface area contributed by atoms with Gasteiger partial charge in [-0.2, -0.15) is 0 Å². The average molecular weight is 442 g/mol. The summed E-state index contributed by atoms with van der Waals surface area (Å²) in [7, 11) is 1.64. The summed E-state index contributed by atoms with van der Waals surface area (Å²) in [5.41, 5.74) is 4.11. The number of amides is 1. The van der Waals surface area contributed by atoms with E-state index in [1.807, 2.05) is 78.6 Å². The average Bonchev–Trinajstić information content (AvgIpc) is 3.40. The van der Waals surface area contributed by atoms with E-state index < -0.39 is 0 Å². The number of nitrogens with zero attached hydrogens (tertiary/aromatic N) is 3. The van der Waals surface area contributed by atoms with Crippen LogP contribution in [-0.2, 0) is 11.3 Å². The van der Waals surface area contributed by atoms with Gasteiger partial charge in [-0.25, -0.2) is 4.98 Å². The molecule has 1 aromatic heterocycles. The van der Waals surface area contributed by atoms with E-state index in [0.29, 0.717) is 37.6 Å². The molecule has 6 nitrogen and oxygen atoms in total. The molecule has 0 saturated carbocycles. The number of aryl methyl sites for hydroxylation is 1. The van der Waals surface area contributed by atoms with Crippen LogP contribution in [0.1, 0.15) is 23.7 Å². The Balaban J connectivity index is 1.40. The van der Waals surface area contributed by atoms with Gasteiger partial charge in [0, 0.05) is 24.6 Å². The Labute approximate surface area is 193 Å². The van der Waals surface area contributed by atoms with Crippen molar-refractivity contribution in [3.05, 3.63) is 84.2 Å². The van der Waals surface area contributed by atoms with Crippen molar-refractivity contribution in [3.8, 4) is 11.5 Å². The Morgan fingerprint density at radius 2 is 1.70 bits per heavy atom. The fourth-order valence-corrected chi connectivity index (χ4v) is 4.48. The third-order valence-corrected chi connectivity index (χ3v) is 6.16. The van der Waals surface area contributed by atoms with Gasteiger partial charge < -0.3 is 18.9 Å². The molecule has 1 aliphatic heterocycles. The maximum absolute atomic E-state index is 12.9. The highest BCUT2D eigenvalue weighted by atomic mass is 16.5. The Morgan fingerprint density at radius 1 is 0.970 bits per heavy atom. The van der Waals surface area contributed by atoms with Crippen molar-refractivity contribution >= 4 is 22.6 Å². The number of carbonyl (C=O) groups excluding carboxylic acids is 1. The predicted molar refractivity (Wildman–Crippen MR) is 129 cm³/mol. The van der Waals surface area contributed by atoms with Crippen LogP contribution in [0.25, 0.3) is 11.0 Å².